The molecule has 1 saturated carbocycles. The van der Waals surface area contributed by atoms with Gasteiger partial charge in [-0.1, -0.05) is 0 Å². The quantitative estimate of drug-likeness (QED) is 0.672. The van der Waals surface area contributed by atoms with Crippen molar-refractivity contribution in [1.29, 1.82) is 0 Å². The largest absolute Gasteiger partial charge is 0.491 e. The molecule has 2 heterocycles. The molecule has 3 fully saturated rings. The van der Waals surface area contributed by atoms with Gasteiger partial charge in [0.15, 0.2) is 0 Å². The van der Waals surface area contributed by atoms with Crippen LogP contribution in [0.2, 0.25) is 0 Å². The summed E-state index contributed by atoms with van der Waals surface area (Å²) < 4.78 is 26.3. The molecule has 7 heteroatoms. The number of carbonyl (C=O) groups excluding carboxylic acids is 1. The van der Waals surface area contributed by atoms with E-state index in [2.05, 4.69) is 0 Å². The maximum atomic E-state index is 14.8. The first-order chi connectivity index (χ1) is 14.1. The second kappa shape index (κ2) is 7.43. The SMILES string of the molecule is CC(C)(C)OC(=O)c1cc(C2CC2)c(OCC23CCCC(CC2)N3C(=O)O)cc1F. The average molecular weight is 419 g/mol. The van der Waals surface area contributed by atoms with Crippen molar-refractivity contribution in [1.82, 2.24) is 4.90 Å². The summed E-state index contributed by atoms with van der Waals surface area (Å²) in [5, 5.41) is 9.73. The van der Waals surface area contributed by atoms with Gasteiger partial charge in [0.25, 0.3) is 0 Å². The molecule has 1 aliphatic carbocycles. The van der Waals surface area contributed by atoms with Gasteiger partial charge >= 0.3 is 12.1 Å². The normalized spacial score (nSPS) is 25.9. The first-order valence-corrected chi connectivity index (χ1v) is 10.8. The summed E-state index contributed by atoms with van der Waals surface area (Å²) in [6.07, 6.45) is 5.24. The lowest BCUT2D eigenvalue weighted by Gasteiger charge is -2.42. The van der Waals surface area contributed by atoms with Crippen LogP contribution in [0.1, 0.15) is 87.6 Å². The summed E-state index contributed by atoms with van der Waals surface area (Å²) in [7, 11) is 0. The average Bonchev–Trinajstić information content (AvgIpc) is 3.44. The Kier molecular flexibility index (Phi) is 5.19. The van der Waals surface area contributed by atoms with Gasteiger partial charge in [-0.3, -0.25) is 4.90 Å². The van der Waals surface area contributed by atoms with E-state index >= 15 is 0 Å². The van der Waals surface area contributed by atoms with Crippen molar-refractivity contribution in [2.45, 2.75) is 88.8 Å². The fraction of sp³-hybridized carbons (Fsp3) is 0.652. The van der Waals surface area contributed by atoms with E-state index in [1.807, 2.05) is 0 Å². The third kappa shape index (κ3) is 3.98. The molecule has 2 bridgehead atoms. The van der Waals surface area contributed by atoms with E-state index in [1.54, 1.807) is 31.7 Å². The van der Waals surface area contributed by atoms with Crippen LogP contribution in [0.5, 0.6) is 5.75 Å². The Morgan fingerprint density at radius 3 is 2.57 bits per heavy atom. The van der Waals surface area contributed by atoms with Crippen LogP contribution in [0.25, 0.3) is 0 Å². The first-order valence-electron chi connectivity index (χ1n) is 10.8. The third-order valence-corrected chi connectivity index (χ3v) is 6.44. The van der Waals surface area contributed by atoms with Crippen molar-refractivity contribution < 1.29 is 28.6 Å². The number of ether oxygens (including phenoxy) is 2. The highest BCUT2D eigenvalue weighted by Gasteiger charge is 2.52. The highest BCUT2D eigenvalue weighted by molar-refractivity contribution is 5.90. The molecule has 2 atom stereocenters. The highest BCUT2D eigenvalue weighted by Crippen LogP contribution is 2.47. The van der Waals surface area contributed by atoms with Gasteiger partial charge < -0.3 is 14.6 Å². The zero-order valence-electron chi connectivity index (χ0n) is 17.9. The molecular weight excluding hydrogens is 389 g/mol. The number of fused-ring (bicyclic) bond motifs is 2. The lowest BCUT2D eigenvalue weighted by atomic mass is 9.89. The molecule has 1 N–H and O–H groups in total. The number of rotatable bonds is 5. The van der Waals surface area contributed by atoms with Gasteiger partial charge in [-0.2, -0.15) is 0 Å². The number of esters is 1. The van der Waals surface area contributed by atoms with E-state index in [1.165, 1.54) is 6.07 Å². The van der Waals surface area contributed by atoms with Crippen molar-refractivity contribution in [3.05, 3.63) is 29.1 Å². The van der Waals surface area contributed by atoms with Crippen LogP contribution < -0.4 is 4.74 Å². The van der Waals surface area contributed by atoms with Crippen LogP contribution in [0, 0.1) is 5.82 Å². The molecule has 2 unspecified atom stereocenters. The minimum Gasteiger partial charge on any atom is -0.491 e. The highest BCUT2D eigenvalue weighted by atomic mass is 19.1. The van der Waals surface area contributed by atoms with Gasteiger partial charge in [0.1, 0.15) is 23.8 Å². The molecule has 6 nitrogen and oxygen atoms in total. The molecule has 2 saturated heterocycles. The second-order valence-electron chi connectivity index (χ2n) is 9.90. The molecule has 1 amide bonds. The maximum Gasteiger partial charge on any atom is 0.408 e. The Morgan fingerprint density at radius 1 is 1.20 bits per heavy atom. The summed E-state index contributed by atoms with van der Waals surface area (Å²) in [6, 6.07) is 2.87. The second-order valence-corrected chi connectivity index (χ2v) is 9.90. The van der Waals surface area contributed by atoms with E-state index in [9.17, 15) is 19.1 Å². The molecule has 30 heavy (non-hydrogen) atoms. The lowest BCUT2D eigenvalue weighted by molar-refractivity contribution is 0.00629. The van der Waals surface area contributed by atoms with Crippen LogP contribution in [0.3, 0.4) is 0 Å². The summed E-state index contributed by atoms with van der Waals surface area (Å²) in [5.74, 6) is -0.715. The van der Waals surface area contributed by atoms with Crippen LogP contribution >= 0.6 is 0 Å². The lowest BCUT2D eigenvalue weighted by Crippen LogP contribution is -2.56. The maximum absolute atomic E-state index is 14.8. The van der Waals surface area contributed by atoms with Crippen LogP contribution in [-0.2, 0) is 4.74 Å². The molecule has 4 rings (SSSR count). The summed E-state index contributed by atoms with van der Waals surface area (Å²) in [6.45, 7) is 5.44. The first kappa shape index (κ1) is 20.9. The fourth-order valence-electron chi connectivity index (χ4n) is 4.94. The molecule has 164 valence electrons. The minimum atomic E-state index is -0.908. The van der Waals surface area contributed by atoms with E-state index in [0.29, 0.717) is 5.75 Å². The van der Waals surface area contributed by atoms with Gasteiger partial charge in [0, 0.05) is 12.1 Å². The number of benzene rings is 1. The Balaban J connectivity index is 1.58. The standard InChI is InChI=1S/C23H30FNO5/c1-22(2,3)30-20(26)17-11-16(14-6-7-14)19(12-18(17)24)29-13-23-9-4-5-15(8-10-23)25(23)21(27)28/h11-12,14-15H,4-10,13H2,1-3H3,(H,27,28). The zero-order chi connectivity index (χ0) is 21.7. The molecule has 3 aliphatic rings. The van der Waals surface area contributed by atoms with Gasteiger partial charge in [0.05, 0.1) is 11.1 Å². The number of amides is 1. The van der Waals surface area contributed by atoms with Crippen LogP contribution in [0.15, 0.2) is 12.1 Å². The van der Waals surface area contributed by atoms with Crippen molar-refractivity contribution in [3.8, 4) is 5.75 Å². The molecule has 0 radical (unpaired) electrons. The molecule has 0 aromatic heterocycles. The number of piperidine rings is 1. The number of hydrogen-bond acceptors (Lipinski definition) is 4. The predicted octanol–water partition coefficient (Wildman–Crippen LogP) is 5.10. The van der Waals surface area contributed by atoms with Crippen LogP contribution in [0.4, 0.5) is 9.18 Å². The summed E-state index contributed by atoms with van der Waals surface area (Å²) in [5.41, 5.74) is -0.530. The van der Waals surface area contributed by atoms with E-state index in [0.717, 1.165) is 50.5 Å². The van der Waals surface area contributed by atoms with Crippen molar-refractivity contribution in [3.63, 3.8) is 0 Å². The van der Waals surface area contributed by atoms with Gasteiger partial charge in [-0.05, 0) is 83.3 Å². The number of nitrogens with zero attached hydrogens (tertiary/aromatic N) is 1. The zero-order valence-corrected chi connectivity index (χ0v) is 17.9. The monoisotopic (exact) mass is 419 g/mol. The number of carbonyl (C=O) groups is 2. The summed E-state index contributed by atoms with van der Waals surface area (Å²) in [4.78, 5) is 25.9. The van der Waals surface area contributed by atoms with Crippen molar-refractivity contribution in [2.24, 2.45) is 0 Å². The Hall–Kier alpha value is -2.31. The van der Waals surface area contributed by atoms with E-state index in [-0.39, 0.29) is 24.1 Å². The molecular formula is C23H30FNO5. The van der Waals surface area contributed by atoms with Gasteiger partial charge in [-0.25, -0.2) is 14.0 Å². The van der Waals surface area contributed by atoms with Crippen molar-refractivity contribution >= 4 is 12.1 Å². The number of hydrogen-bond donors (Lipinski definition) is 1. The van der Waals surface area contributed by atoms with E-state index in [4.69, 9.17) is 9.47 Å². The number of halogens is 1. The smallest absolute Gasteiger partial charge is 0.408 e. The Bertz CT molecular complexity index is 856. The van der Waals surface area contributed by atoms with Gasteiger partial charge in [0.2, 0.25) is 0 Å². The Morgan fingerprint density at radius 2 is 1.93 bits per heavy atom. The molecule has 2 aliphatic heterocycles. The predicted molar refractivity (Wildman–Crippen MR) is 109 cm³/mol. The van der Waals surface area contributed by atoms with Crippen molar-refractivity contribution in [2.75, 3.05) is 6.61 Å². The van der Waals surface area contributed by atoms with E-state index < -0.39 is 29.0 Å². The molecule has 1 aromatic carbocycles. The Labute approximate surface area is 176 Å². The topological polar surface area (TPSA) is 76.1 Å². The third-order valence-electron chi connectivity index (χ3n) is 6.44. The van der Waals surface area contributed by atoms with Crippen LogP contribution in [-0.4, -0.2) is 45.9 Å². The minimum absolute atomic E-state index is 0.0500. The molecule has 1 aromatic rings. The summed E-state index contributed by atoms with van der Waals surface area (Å²) >= 11 is 0. The molecule has 0 spiro atoms. The fourth-order valence-corrected chi connectivity index (χ4v) is 4.94. The number of carboxylic acid groups (broad SMARTS) is 1. The van der Waals surface area contributed by atoms with Gasteiger partial charge in [-0.15, -0.1) is 0 Å².